The Labute approximate surface area is 102 Å². The lowest BCUT2D eigenvalue weighted by Crippen LogP contribution is -2.10. The van der Waals surface area contributed by atoms with Crippen LogP contribution < -0.4 is 0 Å². The van der Waals surface area contributed by atoms with Crippen LogP contribution in [0.4, 0.5) is 0 Å². The molecule has 3 heteroatoms. The average Bonchev–Trinajstić information content (AvgIpc) is 2.71. The van der Waals surface area contributed by atoms with Crippen LogP contribution in [-0.4, -0.2) is 9.55 Å². The molecule has 17 heavy (non-hydrogen) atoms. The van der Waals surface area contributed by atoms with Crippen LogP contribution in [0.5, 0.6) is 0 Å². The molecule has 0 amide bonds. The maximum Gasteiger partial charge on any atom is 0.124 e. The van der Waals surface area contributed by atoms with Gasteiger partial charge in [0.15, 0.2) is 0 Å². The fraction of sp³-hybridized carbons (Fsp3) is 0.429. The topological polar surface area (TPSA) is 41.6 Å². The molecule has 3 nitrogen and oxygen atoms in total. The van der Waals surface area contributed by atoms with Gasteiger partial charge < -0.3 is 4.57 Å². The summed E-state index contributed by atoms with van der Waals surface area (Å²) in [6.45, 7) is 4.36. The molecular formula is C14H17N3. The molecule has 0 radical (unpaired) electrons. The number of nitriles is 1. The highest BCUT2D eigenvalue weighted by Crippen LogP contribution is 2.25. The first kappa shape index (κ1) is 11.7. The van der Waals surface area contributed by atoms with E-state index in [0.717, 1.165) is 29.7 Å². The predicted octanol–water partition coefficient (Wildman–Crippen LogP) is 3.46. The zero-order valence-corrected chi connectivity index (χ0v) is 10.3. The van der Waals surface area contributed by atoms with Crippen molar-refractivity contribution in [1.29, 1.82) is 5.26 Å². The van der Waals surface area contributed by atoms with Crippen LogP contribution in [0, 0.1) is 11.3 Å². The minimum Gasteiger partial charge on any atom is -0.324 e. The van der Waals surface area contributed by atoms with Crippen LogP contribution in [0.2, 0.25) is 0 Å². The predicted molar refractivity (Wildman–Crippen MR) is 68.7 cm³/mol. The maximum absolute atomic E-state index is 8.89. The van der Waals surface area contributed by atoms with Gasteiger partial charge >= 0.3 is 0 Å². The zero-order chi connectivity index (χ0) is 12.3. The Balaban J connectivity index is 2.63. The van der Waals surface area contributed by atoms with Gasteiger partial charge in [0.05, 0.1) is 23.5 Å². The van der Waals surface area contributed by atoms with E-state index in [9.17, 15) is 0 Å². The summed E-state index contributed by atoms with van der Waals surface area (Å²) in [5, 5.41) is 8.89. The fourth-order valence-corrected chi connectivity index (χ4v) is 2.35. The van der Waals surface area contributed by atoms with Gasteiger partial charge in [0.1, 0.15) is 5.82 Å². The Kier molecular flexibility index (Phi) is 3.43. The Morgan fingerprint density at radius 1 is 1.29 bits per heavy atom. The van der Waals surface area contributed by atoms with E-state index in [4.69, 9.17) is 5.26 Å². The third kappa shape index (κ3) is 2.03. The van der Waals surface area contributed by atoms with Crippen molar-refractivity contribution in [3.8, 4) is 6.07 Å². The van der Waals surface area contributed by atoms with Gasteiger partial charge in [-0.2, -0.15) is 5.26 Å². The molecule has 0 saturated heterocycles. The van der Waals surface area contributed by atoms with Crippen molar-refractivity contribution in [2.45, 2.75) is 39.2 Å². The number of imidazole rings is 1. The number of rotatable bonds is 4. The lowest BCUT2D eigenvalue weighted by molar-refractivity contribution is 0.470. The first-order valence-corrected chi connectivity index (χ1v) is 6.14. The molecule has 0 unspecified atom stereocenters. The molecule has 2 rings (SSSR count). The second kappa shape index (κ2) is 5.01. The van der Waals surface area contributed by atoms with Crippen molar-refractivity contribution in [3.05, 3.63) is 30.1 Å². The third-order valence-corrected chi connectivity index (χ3v) is 3.21. The molecule has 0 aliphatic heterocycles. The van der Waals surface area contributed by atoms with Gasteiger partial charge in [-0.3, -0.25) is 0 Å². The van der Waals surface area contributed by atoms with Crippen LogP contribution in [0.15, 0.2) is 24.3 Å². The van der Waals surface area contributed by atoms with E-state index in [2.05, 4.69) is 35.5 Å². The van der Waals surface area contributed by atoms with Gasteiger partial charge in [-0.15, -0.1) is 0 Å². The molecule has 0 aliphatic carbocycles. The van der Waals surface area contributed by atoms with Crippen LogP contribution in [0.25, 0.3) is 11.0 Å². The number of hydrogen-bond acceptors (Lipinski definition) is 2. The Morgan fingerprint density at radius 3 is 2.65 bits per heavy atom. The summed E-state index contributed by atoms with van der Waals surface area (Å²) < 4.78 is 2.23. The third-order valence-electron chi connectivity index (χ3n) is 3.21. The van der Waals surface area contributed by atoms with Crippen molar-refractivity contribution < 1.29 is 0 Å². The van der Waals surface area contributed by atoms with Crippen molar-refractivity contribution >= 4 is 11.0 Å². The second-order valence-corrected chi connectivity index (χ2v) is 4.19. The second-order valence-electron chi connectivity index (χ2n) is 4.19. The van der Waals surface area contributed by atoms with Crippen molar-refractivity contribution in [3.63, 3.8) is 0 Å². The van der Waals surface area contributed by atoms with E-state index in [1.165, 1.54) is 0 Å². The van der Waals surface area contributed by atoms with E-state index in [1.807, 2.05) is 18.2 Å². The lowest BCUT2D eigenvalue weighted by Gasteiger charge is -2.17. The number of nitrogens with zero attached hydrogens (tertiary/aromatic N) is 3. The fourth-order valence-electron chi connectivity index (χ4n) is 2.35. The molecule has 0 fully saturated rings. The average molecular weight is 227 g/mol. The lowest BCUT2D eigenvalue weighted by atomic mass is 10.1. The summed E-state index contributed by atoms with van der Waals surface area (Å²) in [6.07, 6.45) is 2.51. The number of aromatic nitrogens is 2. The van der Waals surface area contributed by atoms with Crippen LogP contribution in [-0.2, 0) is 6.42 Å². The summed E-state index contributed by atoms with van der Waals surface area (Å²) >= 11 is 0. The molecule has 2 aromatic rings. The zero-order valence-electron chi connectivity index (χ0n) is 10.3. The quantitative estimate of drug-likeness (QED) is 0.802. The Morgan fingerprint density at radius 2 is 2.00 bits per heavy atom. The first-order chi connectivity index (χ1) is 8.31. The molecule has 88 valence electrons. The first-order valence-electron chi connectivity index (χ1n) is 6.14. The van der Waals surface area contributed by atoms with E-state index >= 15 is 0 Å². The van der Waals surface area contributed by atoms with Gasteiger partial charge in [-0.1, -0.05) is 26.0 Å². The molecule has 1 heterocycles. The highest BCUT2D eigenvalue weighted by Gasteiger charge is 2.15. The summed E-state index contributed by atoms with van der Waals surface area (Å²) in [6, 6.07) is 10.8. The summed E-state index contributed by atoms with van der Waals surface area (Å²) in [4.78, 5) is 4.56. The minimum atomic E-state index is 0.380. The SMILES string of the molecule is CCC(CC)n1c(CC#N)nc2ccccc21. The Bertz CT molecular complexity index is 544. The minimum absolute atomic E-state index is 0.380. The number of para-hydroxylation sites is 2. The largest absolute Gasteiger partial charge is 0.324 e. The molecule has 0 atom stereocenters. The number of benzene rings is 1. The number of hydrogen-bond donors (Lipinski definition) is 0. The Hall–Kier alpha value is -1.82. The highest BCUT2D eigenvalue weighted by molar-refractivity contribution is 5.76. The van der Waals surface area contributed by atoms with E-state index in [-0.39, 0.29) is 0 Å². The van der Waals surface area contributed by atoms with Gasteiger partial charge in [-0.05, 0) is 25.0 Å². The van der Waals surface area contributed by atoms with Crippen LogP contribution in [0.3, 0.4) is 0 Å². The van der Waals surface area contributed by atoms with E-state index in [0.29, 0.717) is 12.5 Å². The van der Waals surface area contributed by atoms with Crippen LogP contribution in [0.1, 0.15) is 38.6 Å². The maximum atomic E-state index is 8.89. The smallest absolute Gasteiger partial charge is 0.124 e. The molecule has 0 spiro atoms. The van der Waals surface area contributed by atoms with Gasteiger partial charge in [0.25, 0.3) is 0 Å². The van der Waals surface area contributed by atoms with E-state index < -0.39 is 0 Å². The van der Waals surface area contributed by atoms with E-state index in [1.54, 1.807) is 0 Å². The standard InChI is InChI=1S/C14H17N3/c1-3-11(4-2)17-13-8-6-5-7-12(13)16-14(17)9-10-15/h5-8,11H,3-4,9H2,1-2H3. The monoisotopic (exact) mass is 227 g/mol. The number of fused-ring (bicyclic) bond motifs is 1. The summed E-state index contributed by atoms with van der Waals surface area (Å²) in [7, 11) is 0. The van der Waals surface area contributed by atoms with Gasteiger partial charge in [-0.25, -0.2) is 4.98 Å². The van der Waals surface area contributed by atoms with Crippen LogP contribution >= 0.6 is 0 Å². The highest BCUT2D eigenvalue weighted by atomic mass is 15.1. The van der Waals surface area contributed by atoms with Gasteiger partial charge in [0, 0.05) is 6.04 Å². The summed E-state index contributed by atoms with van der Waals surface area (Å²) in [5.74, 6) is 0.891. The molecule has 1 aromatic heterocycles. The van der Waals surface area contributed by atoms with Crippen molar-refractivity contribution in [2.75, 3.05) is 0 Å². The van der Waals surface area contributed by atoms with Crippen molar-refractivity contribution in [2.24, 2.45) is 0 Å². The molecule has 0 bridgehead atoms. The molecule has 0 N–H and O–H groups in total. The van der Waals surface area contributed by atoms with Crippen molar-refractivity contribution in [1.82, 2.24) is 9.55 Å². The van der Waals surface area contributed by atoms with Gasteiger partial charge in [0.2, 0.25) is 0 Å². The normalized spacial score (nSPS) is 10.9. The summed E-state index contributed by atoms with van der Waals surface area (Å²) in [5.41, 5.74) is 2.14. The molecular weight excluding hydrogens is 210 g/mol. The molecule has 0 aliphatic rings. The molecule has 1 aromatic carbocycles. The molecule has 0 saturated carbocycles.